The molecule has 1 unspecified atom stereocenters. The molecule has 7 nitrogen and oxygen atoms in total. The number of aliphatic carboxylic acids is 1. The van der Waals surface area contributed by atoms with E-state index >= 15 is 0 Å². The fraction of sp³-hybridized carbons (Fsp3) is 0.333. The minimum absolute atomic E-state index is 0.160. The molecule has 3 rings (SSSR count). The van der Waals surface area contributed by atoms with Crippen LogP contribution in [-0.4, -0.2) is 50.0 Å². The number of nitrogens with zero attached hydrogens (tertiary/aromatic N) is 4. The molecule has 1 amide bonds. The molecule has 2 heterocycles. The van der Waals surface area contributed by atoms with Gasteiger partial charge in [-0.15, -0.1) is 5.10 Å². The minimum Gasteiger partial charge on any atom is -0.481 e. The third kappa shape index (κ3) is 2.45. The van der Waals surface area contributed by atoms with Crippen molar-refractivity contribution in [3.63, 3.8) is 0 Å². The van der Waals surface area contributed by atoms with Gasteiger partial charge in [-0.05, 0) is 31.5 Å². The highest BCUT2D eigenvalue weighted by molar-refractivity contribution is 5.95. The normalized spacial score (nSPS) is 21.0. The number of likely N-dealkylation sites (tertiary alicyclic amines) is 1. The first-order valence-electron chi connectivity index (χ1n) is 6.99. The number of hydrogen-bond donors (Lipinski definition) is 1. The molecule has 0 radical (unpaired) electrons. The van der Waals surface area contributed by atoms with Crippen LogP contribution in [0.15, 0.2) is 36.7 Å². The molecule has 0 bridgehead atoms. The van der Waals surface area contributed by atoms with Gasteiger partial charge in [0.1, 0.15) is 0 Å². The van der Waals surface area contributed by atoms with Gasteiger partial charge in [-0.3, -0.25) is 9.59 Å². The van der Waals surface area contributed by atoms with E-state index in [1.807, 2.05) is 6.07 Å². The lowest BCUT2D eigenvalue weighted by Gasteiger charge is -2.20. The molecule has 0 aliphatic carbocycles. The average molecular weight is 300 g/mol. The summed E-state index contributed by atoms with van der Waals surface area (Å²) in [5.41, 5.74) is 0.394. The van der Waals surface area contributed by atoms with Crippen molar-refractivity contribution in [2.45, 2.75) is 13.3 Å². The maximum absolute atomic E-state index is 12.6. The lowest BCUT2D eigenvalue weighted by molar-refractivity contribution is -0.147. The van der Waals surface area contributed by atoms with Crippen LogP contribution in [0.1, 0.15) is 23.7 Å². The number of carbonyl (C=O) groups is 2. The predicted octanol–water partition coefficient (Wildman–Crippen LogP) is 1.20. The largest absolute Gasteiger partial charge is 0.481 e. The molecular formula is C15H16N4O3. The molecule has 1 saturated heterocycles. The van der Waals surface area contributed by atoms with Gasteiger partial charge >= 0.3 is 5.97 Å². The molecule has 1 aliphatic heterocycles. The average Bonchev–Trinajstić information content (AvgIpc) is 3.17. The summed E-state index contributed by atoms with van der Waals surface area (Å²) in [5.74, 6) is -1.02. The summed E-state index contributed by atoms with van der Waals surface area (Å²) >= 11 is 0. The number of benzene rings is 1. The molecule has 1 N–H and O–H groups in total. The lowest BCUT2D eigenvalue weighted by atomic mass is 9.90. The van der Waals surface area contributed by atoms with Gasteiger partial charge in [0.25, 0.3) is 5.91 Å². The summed E-state index contributed by atoms with van der Waals surface area (Å²) in [6.45, 7) is 2.36. The van der Waals surface area contributed by atoms with Crippen LogP contribution in [0, 0.1) is 5.41 Å². The predicted molar refractivity (Wildman–Crippen MR) is 77.6 cm³/mol. The van der Waals surface area contributed by atoms with E-state index in [0.29, 0.717) is 18.5 Å². The Morgan fingerprint density at radius 2 is 2.18 bits per heavy atom. The van der Waals surface area contributed by atoms with Gasteiger partial charge in [-0.1, -0.05) is 11.3 Å². The number of carboxylic acid groups (broad SMARTS) is 1. The van der Waals surface area contributed by atoms with Gasteiger partial charge in [0.05, 0.1) is 23.5 Å². The molecule has 1 fully saturated rings. The first kappa shape index (κ1) is 14.2. The Kier molecular flexibility index (Phi) is 3.40. The highest BCUT2D eigenvalue weighted by Gasteiger charge is 2.42. The Balaban J connectivity index is 1.82. The molecular weight excluding hydrogens is 284 g/mol. The van der Waals surface area contributed by atoms with Gasteiger partial charge in [0.15, 0.2) is 0 Å². The molecule has 1 atom stereocenters. The van der Waals surface area contributed by atoms with Gasteiger partial charge in [-0.25, -0.2) is 4.68 Å². The Morgan fingerprint density at radius 3 is 2.82 bits per heavy atom. The maximum atomic E-state index is 12.6. The Bertz CT molecular complexity index is 713. The van der Waals surface area contributed by atoms with Crippen molar-refractivity contribution in [3.8, 4) is 5.69 Å². The van der Waals surface area contributed by atoms with Gasteiger partial charge in [0.2, 0.25) is 0 Å². The van der Waals surface area contributed by atoms with E-state index < -0.39 is 11.4 Å². The second kappa shape index (κ2) is 5.25. The molecule has 7 heteroatoms. The van der Waals surface area contributed by atoms with Crippen molar-refractivity contribution < 1.29 is 14.7 Å². The standard InChI is InChI=1S/C15H16N4O3/c1-15(14(21)22)5-7-18(10-15)13(20)11-3-2-4-12(9-11)19-8-6-16-17-19/h2-4,6,8-9H,5,7,10H2,1H3,(H,21,22). The number of carboxylic acids is 1. The second-order valence-electron chi connectivity index (χ2n) is 5.74. The molecule has 1 aromatic heterocycles. The summed E-state index contributed by atoms with van der Waals surface area (Å²) in [6.07, 6.45) is 3.73. The van der Waals surface area contributed by atoms with E-state index in [-0.39, 0.29) is 12.5 Å². The highest BCUT2D eigenvalue weighted by atomic mass is 16.4. The zero-order valence-corrected chi connectivity index (χ0v) is 12.1. The van der Waals surface area contributed by atoms with E-state index in [1.165, 1.54) is 0 Å². The van der Waals surface area contributed by atoms with Gasteiger partial charge in [0, 0.05) is 18.7 Å². The van der Waals surface area contributed by atoms with Crippen LogP contribution in [0.3, 0.4) is 0 Å². The monoisotopic (exact) mass is 300 g/mol. The molecule has 2 aromatic rings. The van der Waals surface area contributed by atoms with E-state index in [0.717, 1.165) is 5.69 Å². The van der Waals surface area contributed by atoms with Crippen molar-refractivity contribution in [1.29, 1.82) is 0 Å². The number of carbonyl (C=O) groups excluding carboxylic acids is 1. The number of aromatic nitrogens is 3. The molecule has 22 heavy (non-hydrogen) atoms. The van der Waals surface area contributed by atoms with E-state index in [1.54, 1.807) is 47.1 Å². The van der Waals surface area contributed by atoms with Crippen LogP contribution in [0.4, 0.5) is 0 Å². The van der Waals surface area contributed by atoms with Crippen molar-refractivity contribution >= 4 is 11.9 Å². The van der Waals surface area contributed by atoms with Crippen molar-refractivity contribution in [1.82, 2.24) is 19.9 Å². The Labute approximate surface area is 127 Å². The van der Waals surface area contributed by atoms with E-state index in [2.05, 4.69) is 10.3 Å². The summed E-state index contributed by atoms with van der Waals surface area (Å²) in [5, 5.41) is 16.9. The van der Waals surface area contributed by atoms with Crippen LogP contribution >= 0.6 is 0 Å². The molecule has 114 valence electrons. The maximum Gasteiger partial charge on any atom is 0.311 e. The van der Waals surface area contributed by atoms with Gasteiger partial charge < -0.3 is 10.0 Å². The van der Waals surface area contributed by atoms with E-state index in [9.17, 15) is 14.7 Å². The van der Waals surface area contributed by atoms with Gasteiger partial charge in [-0.2, -0.15) is 0 Å². The van der Waals surface area contributed by atoms with Crippen molar-refractivity contribution in [2.75, 3.05) is 13.1 Å². The fourth-order valence-corrected chi connectivity index (χ4v) is 2.62. The lowest BCUT2D eigenvalue weighted by Crippen LogP contribution is -2.34. The van der Waals surface area contributed by atoms with Crippen molar-refractivity contribution in [2.24, 2.45) is 5.41 Å². The number of hydrogen-bond acceptors (Lipinski definition) is 4. The SMILES string of the molecule is CC1(C(=O)O)CCN(C(=O)c2cccc(-n3ccnn3)c2)C1. The third-order valence-corrected chi connectivity index (χ3v) is 4.06. The Hall–Kier alpha value is -2.70. The second-order valence-corrected chi connectivity index (χ2v) is 5.74. The fourth-order valence-electron chi connectivity index (χ4n) is 2.62. The summed E-state index contributed by atoms with van der Waals surface area (Å²) in [4.78, 5) is 25.4. The van der Waals surface area contributed by atoms with Crippen LogP contribution in [0.5, 0.6) is 0 Å². The molecule has 0 saturated carbocycles. The minimum atomic E-state index is -0.862. The smallest absolute Gasteiger partial charge is 0.311 e. The Morgan fingerprint density at radius 1 is 1.36 bits per heavy atom. The first-order chi connectivity index (χ1) is 10.5. The summed E-state index contributed by atoms with van der Waals surface area (Å²) in [6, 6.07) is 7.06. The quantitative estimate of drug-likeness (QED) is 0.920. The number of amides is 1. The summed E-state index contributed by atoms with van der Waals surface area (Å²) < 4.78 is 1.57. The number of rotatable bonds is 3. The van der Waals surface area contributed by atoms with E-state index in [4.69, 9.17) is 0 Å². The topological polar surface area (TPSA) is 88.3 Å². The zero-order chi connectivity index (χ0) is 15.7. The van der Waals surface area contributed by atoms with Crippen LogP contribution in [-0.2, 0) is 4.79 Å². The molecule has 1 aromatic carbocycles. The molecule has 1 aliphatic rings. The summed E-state index contributed by atoms with van der Waals surface area (Å²) in [7, 11) is 0. The van der Waals surface area contributed by atoms with Crippen molar-refractivity contribution in [3.05, 3.63) is 42.2 Å². The van der Waals surface area contributed by atoms with Crippen LogP contribution < -0.4 is 0 Å². The molecule has 0 spiro atoms. The first-order valence-corrected chi connectivity index (χ1v) is 6.99. The van der Waals surface area contributed by atoms with Crippen LogP contribution in [0.25, 0.3) is 5.69 Å². The third-order valence-electron chi connectivity index (χ3n) is 4.06. The zero-order valence-electron chi connectivity index (χ0n) is 12.1. The highest BCUT2D eigenvalue weighted by Crippen LogP contribution is 2.31. The van der Waals surface area contributed by atoms with Crippen LogP contribution in [0.2, 0.25) is 0 Å².